The zero-order valence-corrected chi connectivity index (χ0v) is 21.3. The van der Waals surface area contributed by atoms with Crippen molar-refractivity contribution in [2.45, 2.75) is 26.4 Å². The normalized spacial score (nSPS) is 14.8. The molecule has 4 aromatic rings. The third kappa shape index (κ3) is 5.09. The summed E-state index contributed by atoms with van der Waals surface area (Å²) >= 11 is 6.71. The van der Waals surface area contributed by atoms with Crippen LogP contribution in [-0.4, -0.2) is 40.6 Å². The summed E-state index contributed by atoms with van der Waals surface area (Å²) in [5.74, 6) is 0.231. The van der Waals surface area contributed by atoms with Gasteiger partial charge in [-0.3, -0.25) is 18.9 Å². The smallest absolute Gasteiger partial charge is 0.267 e. The number of carbonyl (C=O) groups is 1. The van der Waals surface area contributed by atoms with E-state index in [-0.39, 0.29) is 11.5 Å². The molecule has 1 aliphatic heterocycles. The highest BCUT2D eigenvalue weighted by molar-refractivity contribution is 8.26. The highest BCUT2D eigenvalue weighted by Crippen LogP contribution is 2.34. The van der Waals surface area contributed by atoms with Crippen molar-refractivity contribution in [1.82, 2.24) is 23.8 Å². The number of rotatable bonds is 8. The minimum Gasteiger partial charge on any atom is -0.369 e. The van der Waals surface area contributed by atoms with E-state index in [9.17, 15) is 9.59 Å². The Morgan fingerprint density at radius 1 is 1.11 bits per heavy atom. The van der Waals surface area contributed by atoms with Gasteiger partial charge in [0, 0.05) is 31.7 Å². The SMILES string of the molecule is Cc1ccc(CN2C(=O)C(=Cc3c(NCCCn4ccnc4)nc4ccccn4c3=O)SC2=S)cc1. The first-order valence-corrected chi connectivity index (χ1v) is 12.7. The fraction of sp³-hybridized carbons (Fsp3) is 0.192. The third-order valence-corrected chi connectivity index (χ3v) is 7.20. The van der Waals surface area contributed by atoms with Crippen LogP contribution in [0.5, 0.6) is 0 Å². The van der Waals surface area contributed by atoms with Crippen LogP contribution in [0.3, 0.4) is 0 Å². The Hall–Kier alpha value is -3.76. The minimum atomic E-state index is -0.249. The van der Waals surface area contributed by atoms with Crippen molar-refractivity contribution in [2.24, 2.45) is 0 Å². The van der Waals surface area contributed by atoms with Crippen molar-refractivity contribution in [3.05, 3.63) is 99.3 Å². The number of amides is 1. The van der Waals surface area contributed by atoms with Gasteiger partial charge in [-0.25, -0.2) is 9.97 Å². The van der Waals surface area contributed by atoms with Crippen LogP contribution < -0.4 is 10.9 Å². The van der Waals surface area contributed by atoms with Gasteiger partial charge in [0.2, 0.25) is 0 Å². The summed E-state index contributed by atoms with van der Waals surface area (Å²) in [6, 6.07) is 13.4. The molecule has 0 radical (unpaired) electrons. The largest absolute Gasteiger partial charge is 0.369 e. The maximum absolute atomic E-state index is 13.4. The average molecular weight is 517 g/mol. The molecule has 1 aliphatic rings. The Balaban J connectivity index is 1.42. The molecule has 1 fully saturated rings. The van der Waals surface area contributed by atoms with E-state index >= 15 is 0 Å². The molecule has 0 bridgehead atoms. The zero-order valence-electron chi connectivity index (χ0n) is 19.6. The summed E-state index contributed by atoms with van der Waals surface area (Å²) in [5, 5.41) is 3.30. The zero-order chi connectivity index (χ0) is 25.1. The number of nitrogens with one attached hydrogen (secondary N) is 1. The molecule has 0 aliphatic carbocycles. The van der Waals surface area contributed by atoms with Gasteiger partial charge in [-0.2, -0.15) is 0 Å². The topological polar surface area (TPSA) is 84.5 Å². The van der Waals surface area contributed by atoms with Crippen LogP contribution >= 0.6 is 24.0 Å². The van der Waals surface area contributed by atoms with Gasteiger partial charge in [0.15, 0.2) is 0 Å². The van der Waals surface area contributed by atoms with Gasteiger partial charge in [-0.1, -0.05) is 59.9 Å². The van der Waals surface area contributed by atoms with Crippen molar-refractivity contribution in [3.63, 3.8) is 0 Å². The van der Waals surface area contributed by atoms with Crippen molar-refractivity contribution < 1.29 is 4.79 Å². The molecule has 3 aromatic heterocycles. The highest BCUT2D eigenvalue weighted by atomic mass is 32.2. The Bertz CT molecular complexity index is 1510. The lowest BCUT2D eigenvalue weighted by molar-refractivity contribution is -0.122. The van der Waals surface area contributed by atoms with E-state index in [4.69, 9.17) is 12.2 Å². The molecule has 0 spiro atoms. The molecule has 0 saturated carbocycles. The molecule has 1 aromatic carbocycles. The van der Waals surface area contributed by atoms with Gasteiger partial charge >= 0.3 is 0 Å². The van der Waals surface area contributed by atoms with Crippen molar-refractivity contribution >= 4 is 51.7 Å². The van der Waals surface area contributed by atoms with Gasteiger partial charge in [0.25, 0.3) is 11.5 Å². The average Bonchev–Trinajstić information content (AvgIpc) is 3.49. The molecule has 8 nitrogen and oxygen atoms in total. The first-order chi connectivity index (χ1) is 17.5. The molecule has 5 rings (SSSR count). The number of hydrogen-bond donors (Lipinski definition) is 1. The minimum absolute atomic E-state index is 0.214. The van der Waals surface area contributed by atoms with Crippen LogP contribution in [-0.2, 0) is 17.9 Å². The van der Waals surface area contributed by atoms with Crippen LogP contribution in [0, 0.1) is 6.92 Å². The Morgan fingerprint density at radius 3 is 2.72 bits per heavy atom. The monoisotopic (exact) mass is 516 g/mol. The molecular formula is C26H24N6O2S2. The number of thioether (sulfide) groups is 1. The van der Waals surface area contributed by atoms with Crippen molar-refractivity contribution in [1.29, 1.82) is 0 Å². The second-order valence-electron chi connectivity index (χ2n) is 8.44. The molecule has 10 heteroatoms. The lowest BCUT2D eigenvalue weighted by Crippen LogP contribution is -2.27. The molecule has 36 heavy (non-hydrogen) atoms. The number of thiocarbonyl (C=S) groups is 1. The first-order valence-electron chi connectivity index (χ1n) is 11.5. The second kappa shape index (κ2) is 10.5. The van der Waals surface area contributed by atoms with E-state index in [1.54, 1.807) is 41.8 Å². The lowest BCUT2D eigenvalue weighted by atomic mass is 10.1. The molecule has 0 atom stereocenters. The number of imidazole rings is 1. The second-order valence-corrected chi connectivity index (χ2v) is 10.1. The number of pyridine rings is 1. The summed E-state index contributed by atoms with van der Waals surface area (Å²) < 4.78 is 3.94. The Labute approximate surface area is 217 Å². The lowest BCUT2D eigenvalue weighted by Gasteiger charge is -2.14. The van der Waals surface area contributed by atoms with Gasteiger partial charge in [-0.05, 0) is 37.1 Å². The van der Waals surface area contributed by atoms with E-state index in [1.807, 2.05) is 48.0 Å². The van der Waals surface area contributed by atoms with E-state index in [0.29, 0.717) is 39.3 Å². The third-order valence-electron chi connectivity index (χ3n) is 5.82. The van der Waals surface area contributed by atoms with Crippen LogP contribution in [0.15, 0.2) is 77.1 Å². The van der Waals surface area contributed by atoms with Crippen LogP contribution in [0.2, 0.25) is 0 Å². The molecule has 1 amide bonds. The first kappa shape index (κ1) is 24.0. The van der Waals surface area contributed by atoms with E-state index in [0.717, 1.165) is 24.1 Å². The summed E-state index contributed by atoms with van der Waals surface area (Å²) in [5.41, 5.74) is 2.76. The predicted octanol–water partition coefficient (Wildman–Crippen LogP) is 4.10. The number of anilines is 1. The van der Waals surface area contributed by atoms with Gasteiger partial charge < -0.3 is 9.88 Å². The maximum atomic E-state index is 13.4. The van der Waals surface area contributed by atoms with Crippen molar-refractivity contribution in [2.75, 3.05) is 11.9 Å². The number of nitrogens with zero attached hydrogens (tertiary/aromatic N) is 5. The van der Waals surface area contributed by atoms with E-state index in [1.165, 1.54) is 16.2 Å². The standard InChI is InChI=1S/C26H24N6O2S2/c1-18-6-8-19(9-7-18)16-32-25(34)21(36-26(32)35)15-20-23(28-10-4-12-30-14-11-27-17-30)29-22-5-2-3-13-31(22)24(20)33/h2-3,5-9,11,13-15,17,28H,4,10,12,16H2,1H3. The van der Waals surface area contributed by atoms with E-state index < -0.39 is 0 Å². The van der Waals surface area contributed by atoms with E-state index in [2.05, 4.69) is 15.3 Å². The summed E-state index contributed by atoms with van der Waals surface area (Å²) in [7, 11) is 0. The number of aryl methyl sites for hydroxylation is 2. The molecular weight excluding hydrogens is 492 g/mol. The molecule has 1 N–H and O–H groups in total. The fourth-order valence-electron chi connectivity index (χ4n) is 3.90. The summed E-state index contributed by atoms with van der Waals surface area (Å²) in [4.78, 5) is 37.4. The number of fused-ring (bicyclic) bond motifs is 1. The Morgan fingerprint density at radius 2 is 1.94 bits per heavy atom. The summed E-state index contributed by atoms with van der Waals surface area (Å²) in [6.45, 7) is 3.79. The quantitative estimate of drug-likeness (QED) is 0.214. The van der Waals surface area contributed by atoms with Crippen molar-refractivity contribution in [3.8, 4) is 0 Å². The Kier molecular flexibility index (Phi) is 6.97. The van der Waals surface area contributed by atoms with Crippen LogP contribution in [0.4, 0.5) is 5.82 Å². The predicted molar refractivity (Wildman–Crippen MR) is 147 cm³/mol. The number of benzene rings is 1. The van der Waals surface area contributed by atoms with Gasteiger partial charge in [-0.15, -0.1) is 0 Å². The molecule has 1 saturated heterocycles. The van der Waals surface area contributed by atoms with Crippen LogP contribution in [0.1, 0.15) is 23.1 Å². The number of aromatic nitrogens is 4. The van der Waals surface area contributed by atoms with Gasteiger partial charge in [0.1, 0.15) is 15.8 Å². The van der Waals surface area contributed by atoms with Crippen LogP contribution in [0.25, 0.3) is 11.7 Å². The fourth-order valence-corrected chi connectivity index (χ4v) is 5.14. The van der Waals surface area contributed by atoms with Gasteiger partial charge in [0.05, 0.1) is 23.3 Å². The molecule has 182 valence electrons. The number of hydrogen-bond acceptors (Lipinski definition) is 7. The maximum Gasteiger partial charge on any atom is 0.267 e. The number of carbonyl (C=O) groups excluding carboxylic acids is 1. The molecule has 0 unspecified atom stereocenters. The molecule has 4 heterocycles. The summed E-state index contributed by atoms with van der Waals surface area (Å²) in [6.07, 6.45) is 9.51. The highest BCUT2D eigenvalue weighted by Gasteiger charge is 2.32.